The summed E-state index contributed by atoms with van der Waals surface area (Å²) in [6.07, 6.45) is 2.84. The second kappa shape index (κ2) is 7.63. The Kier molecular flexibility index (Phi) is 4.92. The monoisotopic (exact) mass is 456 g/mol. The first-order chi connectivity index (χ1) is 14.9. The van der Waals surface area contributed by atoms with Gasteiger partial charge < -0.3 is 9.32 Å². The van der Waals surface area contributed by atoms with Gasteiger partial charge in [0.2, 0.25) is 10.0 Å². The number of nitrogens with zero attached hydrogens (tertiary/aromatic N) is 3. The Balaban J connectivity index is 1.39. The van der Waals surface area contributed by atoms with E-state index in [-0.39, 0.29) is 23.4 Å². The van der Waals surface area contributed by atoms with E-state index in [0.717, 1.165) is 21.8 Å². The van der Waals surface area contributed by atoms with Crippen LogP contribution in [0.2, 0.25) is 0 Å². The van der Waals surface area contributed by atoms with Crippen LogP contribution in [0.5, 0.6) is 0 Å². The third kappa shape index (κ3) is 3.78. The second-order valence-corrected chi connectivity index (χ2v) is 10.0. The number of primary sulfonamides is 1. The van der Waals surface area contributed by atoms with Crippen molar-refractivity contribution in [2.75, 3.05) is 18.0 Å². The van der Waals surface area contributed by atoms with Crippen molar-refractivity contribution in [3.05, 3.63) is 70.3 Å². The number of carbonyl (C=O) groups excluding carboxylic acids is 1. The number of hydrogen-bond donors (Lipinski definition) is 1. The molecule has 1 atom stereocenters. The lowest BCUT2D eigenvalue weighted by molar-refractivity contribution is -0.131. The van der Waals surface area contributed by atoms with Crippen molar-refractivity contribution < 1.29 is 17.6 Å². The molecule has 0 saturated carbocycles. The van der Waals surface area contributed by atoms with Gasteiger partial charge in [-0.05, 0) is 53.8 Å². The molecule has 4 heterocycles. The van der Waals surface area contributed by atoms with Crippen LogP contribution in [-0.2, 0) is 21.2 Å². The van der Waals surface area contributed by atoms with Crippen molar-refractivity contribution in [3.8, 4) is 0 Å². The Morgan fingerprint density at radius 3 is 2.84 bits per heavy atom. The molecule has 2 aliphatic rings. The number of rotatable bonds is 5. The van der Waals surface area contributed by atoms with Crippen molar-refractivity contribution in [3.63, 3.8) is 0 Å². The summed E-state index contributed by atoms with van der Waals surface area (Å²) in [5.74, 6) is 0.555. The lowest BCUT2D eigenvalue weighted by atomic mass is 10.1. The van der Waals surface area contributed by atoms with Gasteiger partial charge in [-0.25, -0.2) is 18.6 Å². The average molecular weight is 457 g/mol. The van der Waals surface area contributed by atoms with Crippen molar-refractivity contribution >= 4 is 38.7 Å². The minimum absolute atomic E-state index is 0.0852. The maximum absolute atomic E-state index is 13.3. The molecule has 2 N–H and O–H groups in total. The SMILES string of the molecule is NS(=O)(=O)c1ccc2c(c1)CCN2CC(=O)N1N=C(c2cccs2)CC1c1ccco1. The number of hydrazone groups is 1. The Bertz CT molecular complexity index is 1250. The highest BCUT2D eigenvalue weighted by molar-refractivity contribution is 7.89. The first-order valence-corrected chi connectivity index (χ1v) is 12.2. The molecule has 31 heavy (non-hydrogen) atoms. The summed E-state index contributed by atoms with van der Waals surface area (Å²) in [5, 5.41) is 13.4. The highest BCUT2D eigenvalue weighted by Crippen LogP contribution is 2.35. The lowest BCUT2D eigenvalue weighted by Crippen LogP contribution is -2.37. The van der Waals surface area contributed by atoms with Crippen LogP contribution < -0.4 is 10.0 Å². The van der Waals surface area contributed by atoms with Gasteiger partial charge in [-0.3, -0.25) is 4.79 Å². The molecule has 5 rings (SSSR count). The van der Waals surface area contributed by atoms with E-state index in [0.29, 0.717) is 25.1 Å². The number of sulfonamides is 1. The van der Waals surface area contributed by atoms with Crippen LogP contribution in [0.1, 0.15) is 28.7 Å². The summed E-state index contributed by atoms with van der Waals surface area (Å²) in [7, 11) is -3.76. The molecule has 2 aliphatic heterocycles. The number of amides is 1. The van der Waals surface area contributed by atoms with E-state index < -0.39 is 10.0 Å². The summed E-state index contributed by atoms with van der Waals surface area (Å²) in [6.45, 7) is 0.760. The van der Waals surface area contributed by atoms with E-state index in [9.17, 15) is 13.2 Å². The molecule has 1 amide bonds. The first kappa shape index (κ1) is 20.0. The first-order valence-electron chi connectivity index (χ1n) is 9.77. The van der Waals surface area contributed by atoms with Gasteiger partial charge in [0, 0.05) is 18.7 Å². The number of hydrogen-bond acceptors (Lipinski definition) is 7. The Morgan fingerprint density at radius 2 is 2.13 bits per heavy atom. The fourth-order valence-corrected chi connectivity index (χ4v) is 5.34. The summed E-state index contributed by atoms with van der Waals surface area (Å²) in [5.41, 5.74) is 2.58. The van der Waals surface area contributed by atoms with Crippen LogP contribution in [0.25, 0.3) is 0 Å². The number of furan rings is 1. The molecular formula is C21H20N4O4S2. The number of thiophene rings is 1. The van der Waals surface area contributed by atoms with E-state index in [1.165, 1.54) is 11.1 Å². The summed E-state index contributed by atoms with van der Waals surface area (Å²) >= 11 is 1.59. The van der Waals surface area contributed by atoms with E-state index >= 15 is 0 Å². The largest absolute Gasteiger partial charge is 0.467 e. The van der Waals surface area contributed by atoms with Gasteiger partial charge in [0.1, 0.15) is 11.8 Å². The van der Waals surface area contributed by atoms with E-state index in [1.54, 1.807) is 35.8 Å². The molecule has 1 unspecified atom stereocenters. The molecule has 0 radical (unpaired) electrons. The van der Waals surface area contributed by atoms with Crippen molar-refractivity contribution in [2.45, 2.75) is 23.8 Å². The average Bonchev–Trinajstić information content (AvgIpc) is 3.53. The predicted molar refractivity (Wildman–Crippen MR) is 118 cm³/mol. The Morgan fingerprint density at radius 1 is 1.26 bits per heavy atom. The normalized spacial score (nSPS) is 18.4. The maximum atomic E-state index is 13.3. The molecule has 0 bridgehead atoms. The standard InChI is InChI=1S/C21H20N4O4S2/c22-31(27,28)15-5-6-17-14(11-15)7-8-24(17)13-21(26)25-18(19-3-1-9-29-19)12-16(23-25)20-4-2-10-30-20/h1-6,9-11,18H,7-8,12-13H2,(H2,22,27,28). The highest BCUT2D eigenvalue weighted by Gasteiger charge is 2.36. The molecule has 3 aromatic rings. The smallest absolute Gasteiger partial charge is 0.262 e. The Hall–Kier alpha value is -2.95. The maximum Gasteiger partial charge on any atom is 0.262 e. The highest BCUT2D eigenvalue weighted by atomic mass is 32.2. The van der Waals surface area contributed by atoms with Crippen LogP contribution >= 0.6 is 11.3 Å². The van der Waals surface area contributed by atoms with Crippen LogP contribution in [0, 0.1) is 0 Å². The Labute approximate surface area is 183 Å². The van der Waals surface area contributed by atoms with Gasteiger partial charge >= 0.3 is 0 Å². The van der Waals surface area contributed by atoms with Crippen molar-refractivity contribution in [2.24, 2.45) is 10.2 Å². The van der Waals surface area contributed by atoms with E-state index in [1.807, 2.05) is 28.5 Å². The number of fused-ring (bicyclic) bond motifs is 1. The molecule has 10 heteroatoms. The molecule has 1 aromatic carbocycles. The number of nitrogens with two attached hydrogens (primary N) is 1. The van der Waals surface area contributed by atoms with Gasteiger partial charge in [0.05, 0.1) is 28.3 Å². The number of anilines is 1. The molecule has 0 spiro atoms. The van der Waals surface area contributed by atoms with Crippen LogP contribution in [0.4, 0.5) is 5.69 Å². The second-order valence-electron chi connectivity index (χ2n) is 7.50. The number of benzene rings is 1. The fourth-order valence-electron chi connectivity index (χ4n) is 4.06. The van der Waals surface area contributed by atoms with Gasteiger partial charge in [-0.1, -0.05) is 6.07 Å². The minimum Gasteiger partial charge on any atom is -0.467 e. The van der Waals surface area contributed by atoms with Crippen LogP contribution in [0.15, 0.2) is 68.5 Å². The van der Waals surface area contributed by atoms with Gasteiger partial charge in [-0.2, -0.15) is 5.10 Å². The molecule has 0 aliphatic carbocycles. The molecule has 0 fully saturated rings. The zero-order valence-electron chi connectivity index (χ0n) is 16.5. The summed E-state index contributed by atoms with van der Waals surface area (Å²) in [4.78, 5) is 16.3. The molecule has 8 nitrogen and oxygen atoms in total. The van der Waals surface area contributed by atoms with Gasteiger partial charge in [0.15, 0.2) is 0 Å². The third-order valence-electron chi connectivity index (χ3n) is 5.54. The zero-order chi connectivity index (χ0) is 21.6. The minimum atomic E-state index is -3.76. The summed E-state index contributed by atoms with van der Waals surface area (Å²) < 4.78 is 28.8. The van der Waals surface area contributed by atoms with Crippen LogP contribution in [-0.4, -0.2) is 38.1 Å². The topological polar surface area (TPSA) is 109 Å². The quantitative estimate of drug-likeness (QED) is 0.635. The van der Waals surface area contributed by atoms with Gasteiger partial charge in [0.25, 0.3) is 5.91 Å². The zero-order valence-corrected chi connectivity index (χ0v) is 18.1. The van der Waals surface area contributed by atoms with Crippen molar-refractivity contribution in [1.82, 2.24) is 5.01 Å². The van der Waals surface area contributed by atoms with E-state index in [2.05, 4.69) is 5.10 Å². The fraction of sp³-hybridized carbons (Fsp3) is 0.238. The molecule has 2 aromatic heterocycles. The molecule has 160 valence electrons. The van der Waals surface area contributed by atoms with Crippen molar-refractivity contribution in [1.29, 1.82) is 0 Å². The van der Waals surface area contributed by atoms with Crippen LogP contribution in [0.3, 0.4) is 0 Å². The molecule has 0 saturated heterocycles. The predicted octanol–water partition coefficient (Wildman–Crippen LogP) is 2.73. The van der Waals surface area contributed by atoms with Gasteiger partial charge in [-0.15, -0.1) is 11.3 Å². The summed E-state index contributed by atoms with van der Waals surface area (Å²) in [6, 6.07) is 12.1. The van der Waals surface area contributed by atoms with E-state index in [4.69, 9.17) is 9.56 Å². The lowest BCUT2D eigenvalue weighted by Gasteiger charge is -2.24. The number of carbonyl (C=O) groups is 1. The molecular weight excluding hydrogens is 436 g/mol. The third-order valence-corrected chi connectivity index (χ3v) is 7.37.